The van der Waals surface area contributed by atoms with Crippen LogP contribution in [0, 0.1) is 48.5 Å². The molecular weight excluding hydrogens is 992 g/mol. The summed E-state index contributed by atoms with van der Waals surface area (Å²) in [5.41, 5.74) is 13.5. The average molecular weight is 1040 g/mol. The minimum atomic E-state index is -4.29. The third-order valence-electron chi connectivity index (χ3n) is 8.95. The Labute approximate surface area is 400 Å². The molecule has 14 nitrogen and oxygen atoms in total. The van der Waals surface area contributed by atoms with Crippen molar-refractivity contribution < 1.29 is 112 Å². The third-order valence-corrected chi connectivity index (χ3v) is 10.2. The van der Waals surface area contributed by atoms with Gasteiger partial charge in [0.1, 0.15) is 12.2 Å². The zero-order valence-electron chi connectivity index (χ0n) is 34.1. The second kappa shape index (κ2) is 26.1. The molecule has 2 aliphatic rings. The van der Waals surface area contributed by atoms with Gasteiger partial charge in [-0.1, -0.05) is 81.8 Å². The second-order valence-electron chi connectivity index (χ2n) is 13.6. The predicted octanol–water partition coefficient (Wildman–Crippen LogP) is 7.18. The smallest absolute Gasteiger partial charge is 0.339 e. The number of aryl methyl sites for hydroxylation is 7. The first-order valence-electron chi connectivity index (χ1n) is 17.4. The Kier molecular flexibility index (Phi) is 25.2. The molecule has 0 aromatic heterocycles. The molecule has 3 aromatic rings. The molecule has 62 heavy (non-hydrogen) atoms. The van der Waals surface area contributed by atoms with Crippen molar-refractivity contribution >= 4 is 61.7 Å². The molecule has 336 valence electrons. The molecule has 0 aliphatic carbocycles. The molecule has 0 bridgehead atoms. The molecule has 2 unspecified atom stereocenters. The summed E-state index contributed by atoms with van der Waals surface area (Å²) in [4.78, 5) is 27.4. The summed E-state index contributed by atoms with van der Waals surface area (Å²) < 4.78 is 106. The molecule has 0 amide bonds. The summed E-state index contributed by atoms with van der Waals surface area (Å²) in [6.45, 7) is 10.7. The number of hydrogen-bond acceptors (Lipinski definition) is 14. The summed E-state index contributed by atoms with van der Waals surface area (Å²) in [6, 6.07) is 12.6. The van der Waals surface area contributed by atoms with Gasteiger partial charge in [0.2, 0.25) is 12.6 Å². The van der Waals surface area contributed by atoms with Gasteiger partial charge in [-0.3, -0.25) is 4.18 Å². The Bertz CT molecular complexity index is 2130. The summed E-state index contributed by atoms with van der Waals surface area (Å²) in [5.74, 6) is -9.76. The van der Waals surface area contributed by atoms with Crippen LogP contribution in [-0.2, 0) is 100 Å². The molecule has 0 saturated carbocycles. The van der Waals surface area contributed by atoms with Gasteiger partial charge >= 0.3 is 23.8 Å². The molecule has 2 saturated heterocycles. The quantitative estimate of drug-likeness (QED) is 0.0302. The van der Waals surface area contributed by atoms with Crippen LogP contribution in [0.1, 0.15) is 59.7 Å². The molecule has 5 rings (SSSR count). The molecule has 25 heteroatoms. The van der Waals surface area contributed by atoms with Crippen LogP contribution in [0.2, 0.25) is 0 Å². The molecule has 2 heterocycles. The van der Waals surface area contributed by atoms with E-state index in [-0.39, 0.29) is 59.5 Å². The Morgan fingerprint density at radius 1 is 0.726 bits per heavy atom. The van der Waals surface area contributed by atoms with E-state index in [1.54, 1.807) is 71.0 Å². The van der Waals surface area contributed by atoms with E-state index in [0.717, 1.165) is 16.7 Å². The van der Waals surface area contributed by atoms with Gasteiger partial charge in [0.25, 0.3) is 10.1 Å². The number of aliphatic hydroxyl groups excluding tert-OH is 2. The average Bonchev–Trinajstić information content (AvgIpc) is 3.51. The minimum absolute atomic E-state index is 0. The summed E-state index contributed by atoms with van der Waals surface area (Å²) in [5, 5.41) is 22.1. The van der Waals surface area contributed by atoms with Crippen LogP contribution in [0.3, 0.4) is 0 Å². The maximum absolute atomic E-state index is 14.5. The van der Waals surface area contributed by atoms with Crippen molar-refractivity contribution in [3.05, 3.63) is 109 Å². The Balaban J connectivity index is 0.00000111. The number of halogens is 4. The molecular formula is C37H43F4N3O11P2S3Ti2. The van der Waals surface area contributed by atoms with Crippen LogP contribution in [-0.4, -0.2) is 92.6 Å². The van der Waals surface area contributed by atoms with E-state index in [1.165, 1.54) is 12.1 Å². The first-order valence-corrected chi connectivity index (χ1v) is 22.1. The first kappa shape index (κ1) is 59.8. The van der Waals surface area contributed by atoms with Gasteiger partial charge in [-0.25, -0.2) is 9.59 Å². The van der Waals surface area contributed by atoms with E-state index < -0.39 is 84.0 Å². The van der Waals surface area contributed by atoms with Crippen molar-refractivity contribution in [2.45, 2.75) is 102 Å². The molecule has 0 radical (unpaired) electrons. The molecule has 3 aromatic carbocycles. The molecule has 2 N–H and O–H groups in total. The van der Waals surface area contributed by atoms with E-state index in [2.05, 4.69) is 54.4 Å². The van der Waals surface area contributed by atoms with Crippen molar-refractivity contribution in [2.75, 3.05) is 13.2 Å². The maximum Gasteiger partial charge on any atom is 0.339 e. The van der Waals surface area contributed by atoms with Gasteiger partial charge in [0.05, 0.1) is 29.2 Å². The number of aliphatic hydroxyl groups is 2. The van der Waals surface area contributed by atoms with Gasteiger partial charge in [-0.15, -0.1) is 0 Å². The van der Waals surface area contributed by atoms with Crippen LogP contribution >= 0.6 is 16.0 Å². The number of nitrogens with zero attached hydrogens (tertiary/aromatic N) is 3. The summed E-state index contributed by atoms with van der Waals surface area (Å²) in [7, 11) is 0.823. The summed E-state index contributed by atoms with van der Waals surface area (Å²) in [6.07, 6.45) is -12.5. The molecule has 0 spiro atoms. The fraction of sp³-hybridized carbons (Fsp3) is 0.459. The van der Waals surface area contributed by atoms with Crippen molar-refractivity contribution in [2.24, 2.45) is 5.11 Å². The zero-order valence-corrected chi connectivity index (χ0v) is 41.7. The van der Waals surface area contributed by atoms with Gasteiger partial charge in [0, 0.05) is 48.3 Å². The predicted molar refractivity (Wildman–Crippen MR) is 221 cm³/mol. The van der Waals surface area contributed by atoms with Crippen LogP contribution in [0.4, 0.5) is 17.6 Å². The van der Waals surface area contributed by atoms with Crippen LogP contribution in [0.5, 0.6) is 0 Å². The number of ether oxygens (including phenoxy) is 4. The standard InChI is InChI=1S/C22H24F2O7S.C15H17F2N3O4.2HPS.2Ti/c1-12-5-7-16(8-6-12)32(27,28)29-11-17-19(22(23,24)21(26)30-17)31-20(25)18-14(3)9-13(2)10-15(18)4;1-7-4-8(2)11(9(3)5-7)13(21)24-12-10(6-19-20-18)23-14(22)15(12,16)17;2*1-2;;/h5-10,17,19,21,26H,11H2,1-4H3;4-5,10,12,14,22H,6H2,1-3H3;2*1H;;/t17-,19-,21?;10-,12-,14?;;;;/m11..../s1. The van der Waals surface area contributed by atoms with Crippen molar-refractivity contribution in [3.63, 3.8) is 0 Å². The Morgan fingerprint density at radius 3 is 1.45 bits per heavy atom. The number of hydrogen-bond donors (Lipinski definition) is 2. The SMILES string of the molecule is Cc1cc(C)c(C(=O)O[C@@H]2[C@@H](CN=[N+]=[N-])OC(O)C2(F)F)c(C)c1.Cc1ccc(S(=O)(=O)OC[C@H]2OC(O)C(F)(F)[C@@H]2OC(=O)c2c(C)cc(C)cc2C)cc1.P=S.P=S.[Ti].[Ti]. The maximum atomic E-state index is 14.5. The van der Waals surface area contributed by atoms with Gasteiger partial charge in [-0.05, 0) is 104 Å². The van der Waals surface area contributed by atoms with Gasteiger partial charge < -0.3 is 29.2 Å². The Morgan fingerprint density at radius 2 is 1.08 bits per heavy atom. The largest absolute Gasteiger partial charge is 0.449 e. The molecule has 6 atom stereocenters. The van der Waals surface area contributed by atoms with E-state index in [4.69, 9.17) is 23.9 Å². The van der Waals surface area contributed by atoms with Crippen molar-refractivity contribution in [1.29, 1.82) is 0 Å². The van der Waals surface area contributed by atoms with Crippen LogP contribution in [0.25, 0.3) is 10.4 Å². The van der Waals surface area contributed by atoms with Crippen molar-refractivity contribution in [1.82, 2.24) is 0 Å². The number of carbonyl (C=O) groups is 2. The van der Waals surface area contributed by atoms with Crippen LogP contribution in [0.15, 0.2) is 58.5 Å². The first-order chi connectivity index (χ1) is 28.0. The van der Waals surface area contributed by atoms with Gasteiger partial charge in [-0.2, -0.15) is 26.0 Å². The molecule has 2 aliphatic heterocycles. The van der Waals surface area contributed by atoms with E-state index in [0.29, 0.717) is 22.3 Å². The minimum Gasteiger partial charge on any atom is -0.449 e. The zero-order chi connectivity index (χ0) is 45.9. The number of alkyl halides is 4. The molecule has 2 fully saturated rings. The topological polar surface area (TPSA) is 204 Å². The number of benzene rings is 3. The van der Waals surface area contributed by atoms with E-state index in [1.807, 2.05) is 13.8 Å². The van der Waals surface area contributed by atoms with Crippen LogP contribution < -0.4 is 0 Å². The summed E-state index contributed by atoms with van der Waals surface area (Å²) >= 11 is 7.78. The van der Waals surface area contributed by atoms with Crippen molar-refractivity contribution in [3.8, 4) is 0 Å². The fourth-order valence-corrected chi connectivity index (χ4v) is 7.32. The number of rotatable bonds is 10. The fourth-order valence-electron chi connectivity index (χ4n) is 6.41. The number of azide groups is 1. The van der Waals surface area contributed by atoms with Gasteiger partial charge in [0.15, 0.2) is 12.2 Å². The third kappa shape index (κ3) is 14.9. The monoisotopic (exact) mass is 1040 g/mol. The van der Waals surface area contributed by atoms with E-state index >= 15 is 0 Å². The Hall–Kier alpha value is -2.15. The number of esters is 2. The normalized spacial score (nSPS) is 21.6. The second-order valence-corrected chi connectivity index (χ2v) is 15.2. The van der Waals surface area contributed by atoms with E-state index in [9.17, 15) is 45.8 Å². The number of carbonyl (C=O) groups excluding carboxylic acids is 2.